The maximum Gasteiger partial charge on any atom is 0.124 e. The quantitative estimate of drug-likeness (QED) is 0.604. The fourth-order valence-electron chi connectivity index (χ4n) is 1.49. The first kappa shape index (κ1) is 13.5. The van der Waals surface area contributed by atoms with Crippen molar-refractivity contribution in [2.24, 2.45) is 4.99 Å². The van der Waals surface area contributed by atoms with Crippen molar-refractivity contribution in [2.75, 3.05) is 0 Å². The number of para-hydroxylation sites is 1. The Bertz CT molecular complexity index is 403. The minimum Gasteiger partial charge on any atom is -0.507 e. The fourth-order valence-corrected chi connectivity index (χ4v) is 1.49. The van der Waals surface area contributed by atoms with E-state index >= 15 is 0 Å². The number of phenolic OH excluding ortho intramolecular Hbond substituents is 1. The molecule has 0 unspecified atom stereocenters. The molecule has 2 heteroatoms. The number of hydrogen-bond donors (Lipinski definition) is 1. The Morgan fingerprint density at radius 3 is 2.71 bits per heavy atom. The van der Waals surface area contributed by atoms with Gasteiger partial charge in [-0.05, 0) is 45.7 Å². The third-order valence-corrected chi connectivity index (χ3v) is 2.54. The molecular formula is C15H21NO. The van der Waals surface area contributed by atoms with Crippen molar-refractivity contribution in [1.29, 1.82) is 0 Å². The third-order valence-electron chi connectivity index (χ3n) is 2.54. The Morgan fingerprint density at radius 1 is 1.35 bits per heavy atom. The van der Waals surface area contributed by atoms with Gasteiger partial charge in [-0.25, -0.2) is 0 Å². The molecule has 1 rings (SSSR count). The van der Waals surface area contributed by atoms with Crippen molar-refractivity contribution in [3.63, 3.8) is 0 Å². The fraction of sp³-hybridized carbons (Fsp3) is 0.400. The van der Waals surface area contributed by atoms with Gasteiger partial charge in [0.15, 0.2) is 0 Å². The van der Waals surface area contributed by atoms with Crippen molar-refractivity contribution >= 4 is 6.21 Å². The molecule has 92 valence electrons. The predicted molar refractivity (Wildman–Crippen MR) is 73.8 cm³/mol. The van der Waals surface area contributed by atoms with Crippen molar-refractivity contribution in [2.45, 2.75) is 39.7 Å². The van der Waals surface area contributed by atoms with Gasteiger partial charge in [0.1, 0.15) is 5.75 Å². The number of aliphatic imine (C=N–C) groups is 1. The molecule has 1 aromatic rings. The normalized spacial score (nSPS) is 12.6. The van der Waals surface area contributed by atoms with E-state index in [2.05, 4.69) is 31.8 Å². The number of rotatable bonds is 5. The molecule has 0 spiro atoms. The van der Waals surface area contributed by atoms with Crippen LogP contribution in [-0.2, 0) is 0 Å². The van der Waals surface area contributed by atoms with Gasteiger partial charge in [-0.2, -0.15) is 0 Å². The highest BCUT2D eigenvalue weighted by Crippen LogP contribution is 2.13. The highest BCUT2D eigenvalue weighted by Gasteiger charge is 1.98. The summed E-state index contributed by atoms with van der Waals surface area (Å²) >= 11 is 0. The molecule has 0 saturated heterocycles. The lowest BCUT2D eigenvalue weighted by atomic mass is 10.1. The average molecular weight is 231 g/mol. The van der Waals surface area contributed by atoms with Gasteiger partial charge in [0.05, 0.1) is 0 Å². The molecule has 1 atom stereocenters. The van der Waals surface area contributed by atoms with Gasteiger partial charge in [-0.1, -0.05) is 23.8 Å². The first-order valence-corrected chi connectivity index (χ1v) is 6.04. The molecule has 0 fully saturated rings. The molecular weight excluding hydrogens is 210 g/mol. The highest BCUT2D eigenvalue weighted by atomic mass is 16.3. The van der Waals surface area contributed by atoms with Crippen LogP contribution in [-0.4, -0.2) is 17.4 Å². The van der Waals surface area contributed by atoms with E-state index in [1.807, 2.05) is 18.2 Å². The molecule has 0 amide bonds. The van der Waals surface area contributed by atoms with Crippen LogP contribution in [0.2, 0.25) is 0 Å². The molecule has 0 saturated carbocycles. The van der Waals surface area contributed by atoms with Gasteiger partial charge in [0.2, 0.25) is 0 Å². The molecule has 17 heavy (non-hydrogen) atoms. The number of hydrogen-bond acceptors (Lipinski definition) is 2. The van der Waals surface area contributed by atoms with Crippen LogP contribution < -0.4 is 0 Å². The summed E-state index contributed by atoms with van der Waals surface area (Å²) in [5.41, 5.74) is 2.13. The van der Waals surface area contributed by atoms with Crippen LogP contribution in [0.1, 0.15) is 39.2 Å². The Kier molecular flexibility index (Phi) is 5.47. The second-order valence-corrected chi connectivity index (χ2v) is 4.54. The molecule has 0 radical (unpaired) electrons. The molecule has 0 aliphatic heterocycles. The maximum absolute atomic E-state index is 9.57. The summed E-state index contributed by atoms with van der Waals surface area (Å²) in [6.07, 6.45) is 6.07. The monoisotopic (exact) mass is 231 g/mol. The van der Waals surface area contributed by atoms with Gasteiger partial charge in [-0.15, -0.1) is 0 Å². The second kappa shape index (κ2) is 6.89. The van der Waals surface area contributed by atoms with Crippen LogP contribution >= 0.6 is 0 Å². The Balaban J connectivity index is 2.48. The number of benzene rings is 1. The SMILES string of the molecule is CC(C)=CCC[C@@H](C)N=Cc1ccccc1O. The molecule has 0 aliphatic carbocycles. The van der Waals surface area contributed by atoms with Gasteiger partial charge in [0, 0.05) is 17.8 Å². The standard InChI is InChI=1S/C15H21NO/c1-12(2)7-6-8-13(3)16-11-14-9-4-5-10-15(14)17/h4-5,7,9-11,13,17H,6,8H2,1-3H3/t13-/m1/s1. The molecule has 1 N–H and O–H groups in total. The van der Waals surface area contributed by atoms with Crippen molar-refractivity contribution in [3.05, 3.63) is 41.5 Å². The van der Waals surface area contributed by atoms with Crippen LogP contribution in [0.15, 0.2) is 40.9 Å². The minimum absolute atomic E-state index is 0.283. The summed E-state index contributed by atoms with van der Waals surface area (Å²) in [5, 5.41) is 9.57. The second-order valence-electron chi connectivity index (χ2n) is 4.54. The molecule has 0 aromatic heterocycles. The van der Waals surface area contributed by atoms with Crippen LogP contribution in [0.3, 0.4) is 0 Å². The number of allylic oxidation sites excluding steroid dienone is 2. The Hall–Kier alpha value is -1.57. The van der Waals surface area contributed by atoms with E-state index in [-0.39, 0.29) is 11.8 Å². The number of nitrogens with zero attached hydrogens (tertiary/aromatic N) is 1. The first-order valence-electron chi connectivity index (χ1n) is 6.04. The van der Waals surface area contributed by atoms with Gasteiger partial charge in [-0.3, -0.25) is 4.99 Å². The summed E-state index contributed by atoms with van der Waals surface area (Å²) in [6, 6.07) is 7.53. The largest absolute Gasteiger partial charge is 0.507 e. The van der Waals surface area contributed by atoms with E-state index in [4.69, 9.17) is 0 Å². The van der Waals surface area contributed by atoms with Crippen molar-refractivity contribution in [3.8, 4) is 5.75 Å². The summed E-state index contributed by atoms with van der Waals surface area (Å²) < 4.78 is 0. The smallest absolute Gasteiger partial charge is 0.124 e. The third kappa shape index (κ3) is 5.34. The lowest BCUT2D eigenvalue weighted by molar-refractivity contribution is 0.474. The zero-order valence-corrected chi connectivity index (χ0v) is 10.9. The number of aromatic hydroxyl groups is 1. The predicted octanol–water partition coefficient (Wildman–Crippen LogP) is 3.95. The van der Waals surface area contributed by atoms with Crippen molar-refractivity contribution < 1.29 is 5.11 Å². The molecule has 0 bridgehead atoms. The zero-order chi connectivity index (χ0) is 12.7. The van der Waals surface area contributed by atoms with Crippen molar-refractivity contribution in [1.82, 2.24) is 0 Å². The van der Waals surface area contributed by atoms with Crippen LogP contribution in [0.5, 0.6) is 5.75 Å². The minimum atomic E-state index is 0.283. The van der Waals surface area contributed by atoms with Gasteiger partial charge < -0.3 is 5.11 Å². The van der Waals surface area contributed by atoms with E-state index in [1.165, 1.54) is 5.57 Å². The van der Waals surface area contributed by atoms with E-state index in [0.717, 1.165) is 18.4 Å². The Morgan fingerprint density at radius 2 is 2.06 bits per heavy atom. The molecule has 0 aliphatic rings. The highest BCUT2D eigenvalue weighted by molar-refractivity contribution is 5.83. The summed E-state index contributed by atoms with van der Waals surface area (Å²) in [5.74, 6) is 0.285. The van der Waals surface area contributed by atoms with E-state index in [9.17, 15) is 5.11 Å². The topological polar surface area (TPSA) is 32.6 Å². The lowest BCUT2D eigenvalue weighted by Crippen LogP contribution is -1.98. The van der Waals surface area contributed by atoms with Gasteiger partial charge in [0.25, 0.3) is 0 Å². The van der Waals surface area contributed by atoms with Crippen LogP contribution in [0.25, 0.3) is 0 Å². The van der Waals surface area contributed by atoms with Gasteiger partial charge >= 0.3 is 0 Å². The average Bonchev–Trinajstić information content (AvgIpc) is 2.27. The number of phenols is 1. The lowest BCUT2D eigenvalue weighted by Gasteiger charge is -2.04. The van der Waals surface area contributed by atoms with Crippen LogP contribution in [0, 0.1) is 0 Å². The summed E-state index contributed by atoms with van der Waals surface area (Å²) in [6.45, 7) is 6.31. The Labute approximate surface area is 104 Å². The zero-order valence-electron chi connectivity index (χ0n) is 10.9. The van der Waals surface area contributed by atoms with E-state index < -0.39 is 0 Å². The van der Waals surface area contributed by atoms with Crippen LogP contribution in [0.4, 0.5) is 0 Å². The summed E-state index contributed by atoms with van der Waals surface area (Å²) in [4.78, 5) is 4.44. The molecule has 1 aromatic carbocycles. The summed E-state index contributed by atoms with van der Waals surface area (Å²) in [7, 11) is 0. The van der Waals surface area contributed by atoms with E-state index in [0.29, 0.717) is 0 Å². The molecule has 2 nitrogen and oxygen atoms in total. The molecule has 0 heterocycles. The maximum atomic E-state index is 9.57. The van der Waals surface area contributed by atoms with E-state index in [1.54, 1.807) is 12.3 Å². The first-order chi connectivity index (χ1) is 8.09.